The van der Waals surface area contributed by atoms with Crippen LogP contribution in [0.5, 0.6) is 11.5 Å². The van der Waals surface area contributed by atoms with Crippen molar-refractivity contribution in [3.8, 4) is 11.5 Å². The Morgan fingerprint density at radius 2 is 1.68 bits per heavy atom. The third kappa shape index (κ3) is 2.41. The van der Waals surface area contributed by atoms with Crippen LogP contribution in [0, 0.1) is 5.92 Å². The van der Waals surface area contributed by atoms with E-state index < -0.39 is 5.97 Å². The number of ether oxygens (including phenoxy) is 5. The van der Waals surface area contributed by atoms with E-state index >= 15 is 0 Å². The first kappa shape index (κ1) is 12.7. The van der Waals surface area contributed by atoms with Crippen LogP contribution in [0.4, 0.5) is 0 Å². The van der Waals surface area contributed by atoms with Gasteiger partial charge in [-0.3, -0.25) is 0 Å². The lowest BCUT2D eigenvalue weighted by molar-refractivity contribution is -0.447. The summed E-state index contributed by atoms with van der Waals surface area (Å²) >= 11 is 0. The van der Waals surface area contributed by atoms with Crippen LogP contribution < -0.4 is 9.47 Å². The fourth-order valence-corrected chi connectivity index (χ4v) is 2.40. The van der Waals surface area contributed by atoms with Crippen LogP contribution in [-0.4, -0.2) is 40.0 Å². The summed E-state index contributed by atoms with van der Waals surface area (Å²) in [5, 5.41) is 0. The van der Waals surface area contributed by atoms with Gasteiger partial charge in [0.1, 0.15) is 0 Å². The van der Waals surface area contributed by atoms with Gasteiger partial charge in [-0.05, 0) is 17.7 Å². The van der Waals surface area contributed by atoms with E-state index in [0.717, 1.165) is 5.56 Å². The molecule has 3 heterocycles. The monoisotopic (exact) mass is 266 g/mol. The molecule has 0 saturated carbocycles. The van der Waals surface area contributed by atoms with Crippen molar-refractivity contribution in [2.45, 2.75) is 12.4 Å². The van der Waals surface area contributed by atoms with Crippen LogP contribution in [-0.2, 0) is 20.6 Å². The van der Waals surface area contributed by atoms with Crippen molar-refractivity contribution in [1.29, 1.82) is 0 Å². The molecular formula is C14H18O5. The van der Waals surface area contributed by atoms with Crippen molar-refractivity contribution in [2.24, 2.45) is 5.92 Å². The lowest BCUT2D eigenvalue weighted by Crippen LogP contribution is -2.55. The second-order valence-corrected chi connectivity index (χ2v) is 4.85. The summed E-state index contributed by atoms with van der Waals surface area (Å²) in [6, 6.07) is 5.76. The first-order chi connectivity index (χ1) is 9.24. The predicted octanol–water partition coefficient (Wildman–Crippen LogP) is 1.59. The van der Waals surface area contributed by atoms with Crippen molar-refractivity contribution < 1.29 is 23.7 Å². The van der Waals surface area contributed by atoms with Gasteiger partial charge in [0.05, 0.1) is 40.5 Å². The average molecular weight is 266 g/mol. The lowest BCUT2D eigenvalue weighted by Gasteiger charge is -2.45. The third-order valence-electron chi connectivity index (χ3n) is 3.49. The van der Waals surface area contributed by atoms with Crippen LogP contribution in [0.3, 0.4) is 0 Å². The molecule has 0 radical (unpaired) electrons. The molecule has 0 atom stereocenters. The van der Waals surface area contributed by atoms with Crippen molar-refractivity contribution in [2.75, 3.05) is 34.0 Å². The Bertz CT molecular complexity index is 437. The maximum atomic E-state index is 5.68. The van der Waals surface area contributed by atoms with Gasteiger partial charge < -0.3 is 23.7 Å². The standard InChI is InChI=1S/C14H18O5/c1-15-12-4-3-10(5-13(12)16-2)6-14-17-7-11(8-18-14)9-19-14/h3-5,11H,6-9H2,1-2H3. The number of fused-ring (bicyclic) bond motifs is 3. The van der Waals surface area contributed by atoms with E-state index in [1.165, 1.54) is 0 Å². The second kappa shape index (κ2) is 5.00. The van der Waals surface area contributed by atoms with Gasteiger partial charge in [-0.2, -0.15) is 0 Å². The van der Waals surface area contributed by atoms with Crippen molar-refractivity contribution >= 4 is 0 Å². The molecule has 0 aromatic heterocycles. The van der Waals surface area contributed by atoms with Crippen molar-refractivity contribution in [3.63, 3.8) is 0 Å². The van der Waals surface area contributed by atoms with Gasteiger partial charge in [0.25, 0.3) is 5.97 Å². The Labute approximate surface area is 112 Å². The third-order valence-corrected chi connectivity index (χ3v) is 3.49. The number of benzene rings is 1. The molecule has 1 aromatic carbocycles. The maximum Gasteiger partial charge on any atom is 0.287 e. The zero-order valence-corrected chi connectivity index (χ0v) is 11.2. The molecule has 3 fully saturated rings. The van der Waals surface area contributed by atoms with E-state index in [4.69, 9.17) is 23.7 Å². The number of hydrogen-bond donors (Lipinski definition) is 0. The van der Waals surface area contributed by atoms with E-state index in [0.29, 0.717) is 43.7 Å². The molecular weight excluding hydrogens is 248 g/mol. The molecule has 5 heteroatoms. The molecule has 5 nitrogen and oxygen atoms in total. The number of methoxy groups -OCH3 is 2. The molecule has 0 aliphatic carbocycles. The van der Waals surface area contributed by atoms with E-state index in [1.54, 1.807) is 14.2 Å². The minimum Gasteiger partial charge on any atom is -0.493 e. The highest BCUT2D eigenvalue weighted by Gasteiger charge is 2.44. The van der Waals surface area contributed by atoms with Crippen LogP contribution in [0.1, 0.15) is 5.56 Å². The van der Waals surface area contributed by atoms with E-state index in [1.807, 2.05) is 18.2 Å². The highest BCUT2D eigenvalue weighted by molar-refractivity contribution is 5.43. The molecule has 1 aromatic rings. The van der Waals surface area contributed by atoms with Crippen molar-refractivity contribution in [1.82, 2.24) is 0 Å². The van der Waals surface area contributed by atoms with Crippen LogP contribution in [0.15, 0.2) is 18.2 Å². The van der Waals surface area contributed by atoms with Crippen LogP contribution >= 0.6 is 0 Å². The van der Waals surface area contributed by atoms with E-state index in [9.17, 15) is 0 Å². The molecule has 3 aliphatic heterocycles. The molecule has 0 amide bonds. The topological polar surface area (TPSA) is 46.2 Å². The Kier molecular flexibility index (Phi) is 3.35. The number of hydrogen-bond acceptors (Lipinski definition) is 5. The average Bonchev–Trinajstić information content (AvgIpc) is 2.48. The molecule has 0 N–H and O–H groups in total. The highest BCUT2D eigenvalue weighted by Crippen LogP contribution is 2.35. The normalized spacial score (nSPS) is 29.3. The summed E-state index contributed by atoms with van der Waals surface area (Å²) in [5.41, 5.74) is 1.03. The molecule has 0 unspecified atom stereocenters. The quantitative estimate of drug-likeness (QED) is 0.828. The fourth-order valence-electron chi connectivity index (χ4n) is 2.40. The minimum atomic E-state index is -0.922. The van der Waals surface area contributed by atoms with Gasteiger partial charge in [0.2, 0.25) is 0 Å². The van der Waals surface area contributed by atoms with E-state index in [-0.39, 0.29) is 0 Å². The predicted molar refractivity (Wildman–Crippen MR) is 67.3 cm³/mol. The summed E-state index contributed by atoms with van der Waals surface area (Å²) in [7, 11) is 3.24. The van der Waals surface area contributed by atoms with Gasteiger partial charge in [0, 0.05) is 5.92 Å². The Hall–Kier alpha value is -1.30. The van der Waals surface area contributed by atoms with Crippen LogP contribution in [0.2, 0.25) is 0 Å². The SMILES string of the molecule is COc1ccc(CC23OCC(CO2)CO3)cc1OC. The number of rotatable bonds is 4. The largest absolute Gasteiger partial charge is 0.493 e. The highest BCUT2D eigenvalue weighted by atomic mass is 16.9. The summed E-state index contributed by atoms with van der Waals surface area (Å²) in [6.45, 7) is 2.11. The molecule has 0 spiro atoms. The molecule has 3 aliphatic rings. The summed E-state index contributed by atoms with van der Waals surface area (Å²) in [6.07, 6.45) is 0.542. The van der Waals surface area contributed by atoms with Gasteiger partial charge in [-0.15, -0.1) is 0 Å². The smallest absolute Gasteiger partial charge is 0.287 e. The summed E-state index contributed by atoms with van der Waals surface area (Å²) in [4.78, 5) is 0. The Morgan fingerprint density at radius 3 is 2.26 bits per heavy atom. The second-order valence-electron chi connectivity index (χ2n) is 4.85. The summed E-state index contributed by atoms with van der Waals surface area (Å²) < 4.78 is 27.6. The first-order valence-corrected chi connectivity index (χ1v) is 6.37. The van der Waals surface area contributed by atoms with Gasteiger partial charge in [0.15, 0.2) is 11.5 Å². The molecule has 2 bridgehead atoms. The van der Waals surface area contributed by atoms with Gasteiger partial charge in [-0.1, -0.05) is 6.07 Å². The minimum absolute atomic E-state index is 0.368. The lowest BCUT2D eigenvalue weighted by atomic mass is 10.1. The summed E-state index contributed by atoms with van der Waals surface area (Å²) in [5.74, 6) is 0.848. The first-order valence-electron chi connectivity index (χ1n) is 6.37. The zero-order valence-electron chi connectivity index (χ0n) is 11.2. The zero-order chi connectivity index (χ0) is 13.3. The molecule has 104 valence electrons. The van der Waals surface area contributed by atoms with E-state index in [2.05, 4.69) is 0 Å². The Balaban J connectivity index is 1.79. The maximum absolute atomic E-state index is 5.68. The van der Waals surface area contributed by atoms with Gasteiger partial charge in [-0.25, -0.2) is 0 Å². The molecule has 19 heavy (non-hydrogen) atoms. The van der Waals surface area contributed by atoms with Crippen molar-refractivity contribution in [3.05, 3.63) is 23.8 Å². The molecule has 3 saturated heterocycles. The fraction of sp³-hybridized carbons (Fsp3) is 0.571. The molecule has 4 rings (SSSR count). The van der Waals surface area contributed by atoms with Crippen LogP contribution in [0.25, 0.3) is 0 Å². The van der Waals surface area contributed by atoms with Gasteiger partial charge >= 0.3 is 0 Å². The Morgan fingerprint density at radius 1 is 1.05 bits per heavy atom.